The molecule has 1 aromatic carbocycles. The van der Waals surface area contributed by atoms with E-state index in [1.807, 2.05) is 11.8 Å². The number of thioether (sulfide) groups is 1. The van der Waals surface area contributed by atoms with Gasteiger partial charge < -0.3 is 10.2 Å². The van der Waals surface area contributed by atoms with E-state index in [4.69, 9.17) is 0 Å². The summed E-state index contributed by atoms with van der Waals surface area (Å²) < 4.78 is 0. The summed E-state index contributed by atoms with van der Waals surface area (Å²) in [5.74, 6) is 0.854. The van der Waals surface area contributed by atoms with Gasteiger partial charge in [0.25, 0.3) is 0 Å². The van der Waals surface area contributed by atoms with E-state index in [-0.39, 0.29) is 29.0 Å². The highest BCUT2D eigenvalue weighted by atomic mass is 32.2. The van der Waals surface area contributed by atoms with Crippen molar-refractivity contribution in [3.8, 4) is 0 Å². The van der Waals surface area contributed by atoms with Crippen LogP contribution in [0.4, 0.5) is 0 Å². The Morgan fingerprint density at radius 3 is 2.39 bits per heavy atom. The molecule has 1 aliphatic heterocycles. The topological polar surface area (TPSA) is 49.4 Å². The number of benzene rings is 1. The molecule has 4 nitrogen and oxygen atoms in total. The summed E-state index contributed by atoms with van der Waals surface area (Å²) in [5.41, 5.74) is 4.39. The van der Waals surface area contributed by atoms with E-state index in [0.717, 1.165) is 56.3 Å². The Kier molecular flexibility index (Phi) is 8.86. The summed E-state index contributed by atoms with van der Waals surface area (Å²) in [5, 5.41) is 3.72. The number of aryl methyl sites for hydroxylation is 1. The molecular formula is C28H40N2O2S. The first-order chi connectivity index (χ1) is 15.6. The van der Waals surface area contributed by atoms with Crippen molar-refractivity contribution in [2.45, 2.75) is 82.8 Å². The highest BCUT2D eigenvalue weighted by Crippen LogP contribution is 2.36. The zero-order valence-electron chi connectivity index (χ0n) is 20.7. The predicted octanol–water partition coefficient (Wildman–Crippen LogP) is 5.66. The van der Waals surface area contributed by atoms with Crippen LogP contribution in [-0.4, -0.2) is 39.8 Å². The molecule has 3 rings (SSSR count). The molecule has 5 heteroatoms. The highest BCUT2D eigenvalue weighted by molar-refractivity contribution is 8.01. The van der Waals surface area contributed by atoms with Crippen molar-refractivity contribution < 1.29 is 9.59 Å². The van der Waals surface area contributed by atoms with Gasteiger partial charge in [-0.2, -0.15) is 0 Å². The quantitative estimate of drug-likeness (QED) is 0.476. The molecule has 180 valence electrons. The molecule has 2 unspecified atom stereocenters. The second-order valence-electron chi connectivity index (χ2n) is 10.2. The van der Waals surface area contributed by atoms with Crippen molar-refractivity contribution in [1.82, 2.24) is 10.2 Å². The monoisotopic (exact) mass is 468 g/mol. The fourth-order valence-electron chi connectivity index (χ4n) is 4.86. The van der Waals surface area contributed by atoms with Crippen LogP contribution in [0.15, 0.2) is 48.7 Å². The van der Waals surface area contributed by atoms with Crippen LogP contribution in [0, 0.1) is 18.8 Å². The lowest BCUT2D eigenvalue weighted by atomic mass is 9.81. The SMILES string of the molecule is C=C(C)C(Cc1ccc(C)cc1)NC(=O)C1CCC(CN2C(=C)CC(SC(C)C)C2=O)CC1. The molecule has 0 bridgehead atoms. The summed E-state index contributed by atoms with van der Waals surface area (Å²) >= 11 is 1.74. The molecule has 2 aliphatic rings. The van der Waals surface area contributed by atoms with E-state index in [9.17, 15) is 9.59 Å². The van der Waals surface area contributed by atoms with Gasteiger partial charge in [0, 0.05) is 24.6 Å². The average molecular weight is 469 g/mol. The van der Waals surface area contributed by atoms with Gasteiger partial charge in [-0.25, -0.2) is 0 Å². The number of rotatable bonds is 9. The molecule has 0 radical (unpaired) electrons. The third kappa shape index (κ3) is 6.99. The Hall–Kier alpha value is -2.01. The number of likely N-dealkylation sites (tertiary alicyclic amines) is 1. The molecule has 33 heavy (non-hydrogen) atoms. The Balaban J connectivity index is 1.49. The fourth-order valence-corrected chi connectivity index (χ4v) is 6.05. The van der Waals surface area contributed by atoms with Crippen molar-refractivity contribution in [3.63, 3.8) is 0 Å². The van der Waals surface area contributed by atoms with Crippen LogP contribution in [0.1, 0.15) is 64.0 Å². The number of carbonyl (C=O) groups excluding carboxylic acids is 2. The Labute approximate surface area is 204 Å². The maximum absolute atomic E-state index is 13.0. The second-order valence-corrected chi connectivity index (χ2v) is 12.0. The van der Waals surface area contributed by atoms with Gasteiger partial charge in [0.2, 0.25) is 11.8 Å². The van der Waals surface area contributed by atoms with E-state index in [0.29, 0.717) is 11.2 Å². The van der Waals surface area contributed by atoms with Gasteiger partial charge in [0.1, 0.15) is 0 Å². The van der Waals surface area contributed by atoms with Crippen LogP contribution >= 0.6 is 11.8 Å². The third-order valence-corrected chi connectivity index (χ3v) is 8.15. The molecule has 1 saturated carbocycles. The van der Waals surface area contributed by atoms with Gasteiger partial charge in [-0.3, -0.25) is 9.59 Å². The van der Waals surface area contributed by atoms with Crippen molar-refractivity contribution in [3.05, 3.63) is 59.8 Å². The van der Waals surface area contributed by atoms with Gasteiger partial charge in [-0.05, 0) is 62.7 Å². The first-order valence-electron chi connectivity index (χ1n) is 12.3. The Morgan fingerprint density at radius 2 is 1.82 bits per heavy atom. The number of hydrogen-bond donors (Lipinski definition) is 1. The molecule has 0 spiro atoms. The number of carbonyl (C=O) groups is 2. The van der Waals surface area contributed by atoms with Crippen molar-refractivity contribution in [2.24, 2.45) is 11.8 Å². The van der Waals surface area contributed by atoms with Crippen LogP contribution in [-0.2, 0) is 16.0 Å². The molecule has 2 atom stereocenters. The predicted molar refractivity (Wildman–Crippen MR) is 139 cm³/mol. The lowest BCUT2D eigenvalue weighted by Crippen LogP contribution is -2.42. The number of amides is 2. The number of allylic oxidation sites excluding steroid dienone is 1. The Morgan fingerprint density at radius 1 is 1.18 bits per heavy atom. The van der Waals surface area contributed by atoms with Gasteiger partial charge in [0.05, 0.1) is 11.3 Å². The van der Waals surface area contributed by atoms with E-state index in [1.54, 1.807) is 11.8 Å². The molecule has 0 aromatic heterocycles. The number of hydrogen-bond acceptors (Lipinski definition) is 3. The van der Waals surface area contributed by atoms with E-state index in [2.05, 4.69) is 63.5 Å². The van der Waals surface area contributed by atoms with Gasteiger partial charge >= 0.3 is 0 Å². The minimum absolute atomic E-state index is 0.0206. The first kappa shape index (κ1) is 25.6. The maximum Gasteiger partial charge on any atom is 0.240 e. The summed E-state index contributed by atoms with van der Waals surface area (Å²) in [4.78, 5) is 27.8. The smallest absolute Gasteiger partial charge is 0.240 e. The number of nitrogens with zero attached hydrogens (tertiary/aromatic N) is 1. The van der Waals surface area contributed by atoms with E-state index < -0.39 is 0 Å². The van der Waals surface area contributed by atoms with Crippen molar-refractivity contribution in [1.29, 1.82) is 0 Å². The molecule has 1 saturated heterocycles. The zero-order chi connectivity index (χ0) is 24.1. The summed E-state index contributed by atoms with van der Waals surface area (Å²) in [7, 11) is 0. The largest absolute Gasteiger partial charge is 0.349 e. The first-order valence-corrected chi connectivity index (χ1v) is 13.2. The van der Waals surface area contributed by atoms with Crippen LogP contribution in [0.3, 0.4) is 0 Å². The molecule has 2 amide bonds. The maximum atomic E-state index is 13.0. The fraction of sp³-hybridized carbons (Fsp3) is 0.571. The lowest BCUT2D eigenvalue weighted by Gasteiger charge is -2.32. The molecule has 1 aliphatic carbocycles. The van der Waals surface area contributed by atoms with Crippen LogP contribution < -0.4 is 5.32 Å². The number of nitrogens with one attached hydrogen (secondary N) is 1. The minimum atomic E-state index is -0.0427. The van der Waals surface area contributed by atoms with E-state index >= 15 is 0 Å². The molecular weight excluding hydrogens is 428 g/mol. The third-order valence-electron chi connectivity index (χ3n) is 6.91. The van der Waals surface area contributed by atoms with Gasteiger partial charge in [-0.15, -0.1) is 11.8 Å². The molecule has 2 fully saturated rings. The van der Waals surface area contributed by atoms with Crippen LogP contribution in [0.5, 0.6) is 0 Å². The van der Waals surface area contributed by atoms with Crippen LogP contribution in [0.25, 0.3) is 0 Å². The average Bonchev–Trinajstić information content (AvgIpc) is 3.02. The molecule has 1 aromatic rings. The standard InChI is InChI=1S/C28H40N2O2S/c1-18(2)25(16-22-9-7-20(5)8-10-22)29-27(31)24-13-11-23(12-14-24)17-30-21(6)15-26(28(30)32)33-19(3)4/h7-10,19,23-26H,1,6,11-17H2,2-5H3,(H,29,31). The van der Waals surface area contributed by atoms with Crippen molar-refractivity contribution in [2.75, 3.05) is 6.54 Å². The highest BCUT2D eigenvalue weighted by Gasteiger charge is 2.37. The normalized spacial score (nSPS) is 24.3. The molecule has 1 heterocycles. The zero-order valence-corrected chi connectivity index (χ0v) is 21.5. The summed E-state index contributed by atoms with van der Waals surface area (Å²) in [6.45, 7) is 17.4. The minimum Gasteiger partial charge on any atom is -0.349 e. The second kappa shape index (κ2) is 11.4. The van der Waals surface area contributed by atoms with Gasteiger partial charge in [-0.1, -0.05) is 62.4 Å². The summed E-state index contributed by atoms with van der Waals surface area (Å²) in [6, 6.07) is 8.43. The van der Waals surface area contributed by atoms with Crippen molar-refractivity contribution >= 4 is 23.6 Å². The lowest BCUT2D eigenvalue weighted by molar-refractivity contribution is -0.128. The van der Waals surface area contributed by atoms with Crippen LogP contribution in [0.2, 0.25) is 0 Å². The Bertz CT molecular complexity index is 868. The summed E-state index contributed by atoms with van der Waals surface area (Å²) in [6.07, 6.45) is 5.25. The van der Waals surface area contributed by atoms with Gasteiger partial charge in [0.15, 0.2) is 0 Å². The molecule has 1 N–H and O–H groups in total. The van der Waals surface area contributed by atoms with E-state index in [1.165, 1.54) is 11.1 Å².